The molecule has 0 aromatic heterocycles. The average molecular weight is 325 g/mol. The lowest BCUT2D eigenvalue weighted by Crippen LogP contribution is -2.29. The molecule has 1 N–H and O–H groups in total. The van der Waals surface area contributed by atoms with E-state index < -0.39 is 10.6 Å². The predicted octanol–water partition coefficient (Wildman–Crippen LogP) is 2.51. The second kappa shape index (κ2) is 6.93. The van der Waals surface area contributed by atoms with Crippen molar-refractivity contribution in [3.05, 3.63) is 34.6 Å². The van der Waals surface area contributed by atoms with Gasteiger partial charge in [0, 0.05) is 13.1 Å². The maximum absolute atomic E-state index is 13.1. The number of methoxy groups -OCH3 is 1. The first kappa shape index (κ1) is 14.4. The van der Waals surface area contributed by atoms with Gasteiger partial charge in [-0.15, -0.1) is 0 Å². The molecule has 1 rings (SSSR count). The fourth-order valence-corrected chi connectivity index (χ4v) is 1.84. The first-order valence-electron chi connectivity index (χ1n) is 4.91. The maximum Gasteiger partial charge on any atom is 0.320 e. The Balaban J connectivity index is 2.46. The summed E-state index contributed by atoms with van der Waals surface area (Å²) in [6, 6.07) is 4.61. The van der Waals surface area contributed by atoms with Gasteiger partial charge in [-0.25, -0.2) is 4.39 Å². The number of carbonyl (C=O) groups is 1. The van der Waals surface area contributed by atoms with Crippen LogP contribution in [0.2, 0.25) is 5.02 Å². The van der Waals surface area contributed by atoms with Crippen molar-refractivity contribution >= 4 is 33.5 Å². The minimum absolute atomic E-state index is 0.101. The van der Waals surface area contributed by atoms with Gasteiger partial charge >= 0.3 is 5.97 Å². The van der Waals surface area contributed by atoms with Crippen LogP contribution in [0.3, 0.4) is 0 Å². The molecule has 0 saturated heterocycles. The Morgan fingerprint density at radius 1 is 1.65 bits per heavy atom. The van der Waals surface area contributed by atoms with Gasteiger partial charge in [0.2, 0.25) is 0 Å². The van der Waals surface area contributed by atoms with E-state index in [4.69, 9.17) is 11.6 Å². The Hall–Kier alpha value is -0.650. The van der Waals surface area contributed by atoms with Crippen molar-refractivity contribution in [2.45, 2.75) is 11.4 Å². The highest BCUT2D eigenvalue weighted by Gasteiger charge is 2.14. The quantitative estimate of drug-likeness (QED) is 0.668. The van der Waals surface area contributed by atoms with Gasteiger partial charge in [-0.05, 0) is 11.6 Å². The van der Waals surface area contributed by atoms with E-state index in [1.165, 1.54) is 13.2 Å². The van der Waals surface area contributed by atoms with Crippen molar-refractivity contribution in [1.82, 2.24) is 5.32 Å². The molecule has 0 heterocycles. The first-order valence-corrected chi connectivity index (χ1v) is 6.21. The Kier molecular flexibility index (Phi) is 5.88. The number of nitrogens with one attached hydrogen (secondary N) is 1. The molecule has 0 aliphatic rings. The highest BCUT2D eigenvalue weighted by molar-refractivity contribution is 9.10. The molecule has 6 heteroatoms. The van der Waals surface area contributed by atoms with E-state index >= 15 is 0 Å². The minimum atomic E-state index is -0.450. The molecule has 17 heavy (non-hydrogen) atoms. The van der Waals surface area contributed by atoms with E-state index in [2.05, 4.69) is 26.0 Å². The summed E-state index contributed by atoms with van der Waals surface area (Å²) in [5.74, 6) is -0.808. The van der Waals surface area contributed by atoms with Gasteiger partial charge in [0.05, 0.1) is 12.1 Å². The standard InChI is InChI=1S/C11H12BrClFNO2/c1-17-11(16)8(12)6-15-5-7-3-2-4-9(14)10(7)13/h2-4,8,15H,5-6H2,1H3. The summed E-state index contributed by atoms with van der Waals surface area (Å²) in [5, 5.41) is 3.09. The zero-order valence-corrected chi connectivity index (χ0v) is 11.5. The Morgan fingerprint density at radius 2 is 2.35 bits per heavy atom. The fourth-order valence-electron chi connectivity index (χ4n) is 1.23. The summed E-state index contributed by atoms with van der Waals surface area (Å²) in [5.41, 5.74) is 0.649. The van der Waals surface area contributed by atoms with Crippen LogP contribution in [0.1, 0.15) is 5.56 Å². The molecule has 1 atom stereocenters. The first-order chi connectivity index (χ1) is 8.06. The van der Waals surface area contributed by atoms with Gasteiger partial charge in [0.1, 0.15) is 10.6 Å². The van der Waals surface area contributed by atoms with Crippen LogP contribution in [0.25, 0.3) is 0 Å². The zero-order valence-electron chi connectivity index (χ0n) is 9.17. The topological polar surface area (TPSA) is 38.3 Å². The van der Waals surface area contributed by atoms with Gasteiger partial charge in [0.25, 0.3) is 0 Å². The normalized spacial score (nSPS) is 12.2. The lowest BCUT2D eigenvalue weighted by molar-refractivity contribution is -0.139. The van der Waals surface area contributed by atoms with Gasteiger partial charge in [-0.3, -0.25) is 4.79 Å². The second-order valence-corrected chi connectivity index (χ2v) is 4.82. The van der Waals surface area contributed by atoms with Crippen LogP contribution in [0.4, 0.5) is 4.39 Å². The number of halogens is 3. The number of hydrogen-bond acceptors (Lipinski definition) is 3. The van der Waals surface area contributed by atoms with Gasteiger partial charge in [-0.1, -0.05) is 39.7 Å². The van der Waals surface area contributed by atoms with Crippen LogP contribution >= 0.6 is 27.5 Å². The molecule has 0 radical (unpaired) electrons. The Morgan fingerprint density at radius 3 is 3.00 bits per heavy atom. The summed E-state index contributed by atoms with van der Waals surface area (Å²) in [4.78, 5) is 10.6. The third-order valence-electron chi connectivity index (χ3n) is 2.13. The predicted molar refractivity (Wildman–Crippen MR) is 67.8 cm³/mol. The number of hydrogen-bond donors (Lipinski definition) is 1. The minimum Gasteiger partial charge on any atom is -0.468 e. The molecule has 0 fully saturated rings. The molecule has 0 aliphatic carbocycles. The number of alkyl halides is 1. The van der Waals surface area contributed by atoms with E-state index in [9.17, 15) is 9.18 Å². The molecule has 0 amide bonds. The highest BCUT2D eigenvalue weighted by Crippen LogP contribution is 2.19. The number of benzene rings is 1. The Bertz CT molecular complexity index is 403. The molecule has 0 spiro atoms. The van der Waals surface area contributed by atoms with Gasteiger partial charge in [0.15, 0.2) is 0 Å². The molecule has 1 unspecified atom stereocenters. The summed E-state index contributed by atoms with van der Waals surface area (Å²) in [6.07, 6.45) is 0. The highest BCUT2D eigenvalue weighted by atomic mass is 79.9. The number of rotatable bonds is 5. The van der Waals surface area contributed by atoms with E-state index in [1.54, 1.807) is 12.1 Å². The van der Waals surface area contributed by atoms with Crippen molar-refractivity contribution in [3.8, 4) is 0 Å². The van der Waals surface area contributed by atoms with Crippen molar-refractivity contribution < 1.29 is 13.9 Å². The van der Waals surface area contributed by atoms with Crippen molar-refractivity contribution in [1.29, 1.82) is 0 Å². The van der Waals surface area contributed by atoms with Crippen LogP contribution in [-0.2, 0) is 16.1 Å². The van der Waals surface area contributed by atoms with Crippen LogP contribution in [-0.4, -0.2) is 24.5 Å². The molecule has 1 aromatic carbocycles. The van der Waals surface area contributed by atoms with E-state index in [-0.39, 0.29) is 11.0 Å². The Labute approximate surface area is 112 Å². The van der Waals surface area contributed by atoms with Gasteiger partial charge < -0.3 is 10.1 Å². The molecule has 0 saturated carbocycles. The molecular formula is C11H12BrClFNO2. The lowest BCUT2D eigenvalue weighted by Gasteiger charge is -2.10. The fraction of sp³-hybridized carbons (Fsp3) is 0.364. The van der Waals surface area contributed by atoms with E-state index in [0.717, 1.165) is 0 Å². The van der Waals surface area contributed by atoms with Crippen molar-refractivity contribution in [2.75, 3.05) is 13.7 Å². The van der Waals surface area contributed by atoms with Crippen LogP contribution in [0.15, 0.2) is 18.2 Å². The molecule has 1 aromatic rings. The molecule has 0 aliphatic heterocycles. The monoisotopic (exact) mass is 323 g/mol. The van der Waals surface area contributed by atoms with Crippen LogP contribution in [0.5, 0.6) is 0 Å². The third kappa shape index (κ3) is 4.26. The van der Waals surface area contributed by atoms with Crippen molar-refractivity contribution in [3.63, 3.8) is 0 Å². The van der Waals surface area contributed by atoms with Crippen molar-refractivity contribution in [2.24, 2.45) is 0 Å². The molecule has 0 bridgehead atoms. The summed E-state index contributed by atoms with van der Waals surface area (Å²) >= 11 is 8.95. The zero-order chi connectivity index (χ0) is 12.8. The smallest absolute Gasteiger partial charge is 0.320 e. The summed E-state index contributed by atoms with van der Waals surface area (Å²) in [7, 11) is 1.32. The molecule has 3 nitrogen and oxygen atoms in total. The summed E-state index contributed by atoms with van der Waals surface area (Å²) in [6.45, 7) is 0.759. The second-order valence-electron chi connectivity index (χ2n) is 3.33. The van der Waals surface area contributed by atoms with E-state index in [1.807, 2.05) is 0 Å². The number of esters is 1. The molecular weight excluding hydrogens is 312 g/mol. The SMILES string of the molecule is COC(=O)C(Br)CNCc1cccc(F)c1Cl. The van der Waals surface area contributed by atoms with Crippen LogP contribution < -0.4 is 5.32 Å². The number of carbonyl (C=O) groups excluding carboxylic acids is 1. The summed E-state index contributed by atoms with van der Waals surface area (Å²) < 4.78 is 17.7. The number of ether oxygens (including phenoxy) is 1. The molecule has 94 valence electrons. The average Bonchev–Trinajstić information content (AvgIpc) is 2.33. The van der Waals surface area contributed by atoms with Gasteiger partial charge in [-0.2, -0.15) is 0 Å². The third-order valence-corrected chi connectivity index (χ3v) is 3.25. The largest absolute Gasteiger partial charge is 0.468 e. The maximum atomic E-state index is 13.1. The van der Waals surface area contributed by atoms with Crippen LogP contribution in [0, 0.1) is 5.82 Å². The lowest BCUT2D eigenvalue weighted by atomic mass is 10.2. The van der Waals surface area contributed by atoms with E-state index in [0.29, 0.717) is 18.7 Å².